The van der Waals surface area contributed by atoms with Crippen molar-refractivity contribution in [3.8, 4) is 0 Å². The van der Waals surface area contributed by atoms with E-state index in [2.05, 4.69) is 217 Å². The molecule has 2 nitrogen and oxygen atoms in total. The normalized spacial score (nSPS) is 11.5. The average molecular weight is 677 g/mol. The molecule has 0 N–H and O–H groups in total. The highest BCUT2D eigenvalue weighted by molar-refractivity contribution is 6.25. The Hall–Kier alpha value is -6.90. The van der Waals surface area contributed by atoms with Crippen LogP contribution in [0.25, 0.3) is 53.9 Å². The fraction of sp³-hybridized carbons (Fsp3) is 0.0196. The first-order chi connectivity index (χ1) is 26.2. The van der Waals surface area contributed by atoms with Crippen LogP contribution >= 0.6 is 0 Å². The van der Waals surface area contributed by atoms with Crippen molar-refractivity contribution in [3.63, 3.8) is 0 Å². The highest BCUT2D eigenvalue weighted by atomic mass is 15.2. The standard InChI is InChI=1S/C51H36N2/c1-35-29-31-41(32-30-35)53(49-28-14-20-37-16-6-10-24-43(37)49)51-45-26-12-8-18-39(45)33-46-47(51)34-38-17-7-11-25-44(38)50(46)52(40-21-3-2-4-22-40)48-27-13-19-36-15-5-9-23-42(36)48/h2-34H,1H3. The van der Waals surface area contributed by atoms with Gasteiger partial charge in [-0.2, -0.15) is 0 Å². The SMILES string of the molecule is Cc1ccc(N(c2cccc3ccccc23)c2c3ccccc3cc3c(N(c4ccccc4)c4cccc5ccccc45)c4ccccc4cc23)cc1. The van der Waals surface area contributed by atoms with Gasteiger partial charge in [-0.15, -0.1) is 0 Å². The van der Waals surface area contributed by atoms with Gasteiger partial charge >= 0.3 is 0 Å². The molecule has 0 unspecified atom stereocenters. The zero-order chi connectivity index (χ0) is 35.3. The number of benzene rings is 10. The molecule has 0 saturated carbocycles. The van der Waals surface area contributed by atoms with Crippen LogP contribution < -0.4 is 9.80 Å². The topological polar surface area (TPSA) is 6.48 Å². The Kier molecular flexibility index (Phi) is 7.40. The molecule has 10 rings (SSSR count). The van der Waals surface area contributed by atoms with E-state index in [0.717, 1.165) is 34.1 Å². The molecule has 0 saturated heterocycles. The van der Waals surface area contributed by atoms with Crippen molar-refractivity contribution < 1.29 is 0 Å². The molecule has 0 radical (unpaired) electrons. The Morgan fingerprint density at radius 1 is 0.283 bits per heavy atom. The lowest BCUT2D eigenvalue weighted by Crippen LogP contribution is -2.14. The number of nitrogens with zero attached hydrogens (tertiary/aromatic N) is 2. The number of rotatable bonds is 6. The van der Waals surface area contributed by atoms with Crippen LogP contribution in [0.4, 0.5) is 34.1 Å². The van der Waals surface area contributed by atoms with Gasteiger partial charge in [-0.3, -0.25) is 0 Å². The third kappa shape index (κ3) is 5.19. The van der Waals surface area contributed by atoms with Gasteiger partial charge in [0.1, 0.15) is 0 Å². The zero-order valence-electron chi connectivity index (χ0n) is 29.4. The summed E-state index contributed by atoms with van der Waals surface area (Å²) in [6, 6.07) is 73.1. The fourth-order valence-corrected chi connectivity index (χ4v) is 8.16. The zero-order valence-corrected chi connectivity index (χ0v) is 29.4. The number of para-hydroxylation sites is 1. The summed E-state index contributed by atoms with van der Waals surface area (Å²) in [5.74, 6) is 0. The van der Waals surface area contributed by atoms with Gasteiger partial charge in [0, 0.05) is 43.7 Å². The molecule has 0 heterocycles. The maximum absolute atomic E-state index is 2.50. The molecule has 250 valence electrons. The predicted molar refractivity (Wildman–Crippen MR) is 228 cm³/mol. The quantitative estimate of drug-likeness (QED) is 0.162. The molecule has 0 spiro atoms. The number of fused-ring (bicyclic) bond motifs is 5. The van der Waals surface area contributed by atoms with Crippen LogP contribution in [0.5, 0.6) is 0 Å². The maximum atomic E-state index is 2.50. The van der Waals surface area contributed by atoms with Gasteiger partial charge in [-0.05, 0) is 77.0 Å². The van der Waals surface area contributed by atoms with Crippen molar-refractivity contribution >= 4 is 88.0 Å². The minimum Gasteiger partial charge on any atom is -0.309 e. The Morgan fingerprint density at radius 3 is 1.15 bits per heavy atom. The average Bonchev–Trinajstić information content (AvgIpc) is 3.22. The lowest BCUT2D eigenvalue weighted by Gasteiger charge is -2.32. The van der Waals surface area contributed by atoms with E-state index in [1.165, 1.54) is 59.4 Å². The van der Waals surface area contributed by atoms with Gasteiger partial charge in [0.25, 0.3) is 0 Å². The number of aryl methyl sites for hydroxylation is 1. The summed E-state index contributed by atoms with van der Waals surface area (Å²) in [4.78, 5) is 4.98. The summed E-state index contributed by atoms with van der Waals surface area (Å²) in [5, 5.41) is 12.0. The third-order valence-electron chi connectivity index (χ3n) is 10.6. The Bertz CT molecular complexity index is 2950. The second kappa shape index (κ2) is 12.7. The van der Waals surface area contributed by atoms with Crippen molar-refractivity contribution in [2.75, 3.05) is 9.80 Å². The Morgan fingerprint density at radius 2 is 0.660 bits per heavy atom. The van der Waals surface area contributed by atoms with E-state index in [-0.39, 0.29) is 0 Å². The molecule has 0 aliphatic rings. The van der Waals surface area contributed by atoms with Crippen LogP contribution in [0, 0.1) is 6.92 Å². The molecule has 0 bridgehead atoms. The summed E-state index contributed by atoms with van der Waals surface area (Å²) >= 11 is 0. The molecular weight excluding hydrogens is 641 g/mol. The van der Waals surface area contributed by atoms with E-state index < -0.39 is 0 Å². The van der Waals surface area contributed by atoms with Gasteiger partial charge in [-0.1, -0.05) is 157 Å². The fourth-order valence-electron chi connectivity index (χ4n) is 8.16. The number of hydrogen-bond acceptors (Lipinski definition) is 2. The van der Waals surface area contributed by atoms with Crippen LogP contribution in [-0.2, 0) is 0 Å². The summed E-state index contributed by atoms with van der Waals surface area (Å²) in [6.07, 6.45) is 0. The Labute approximate surface area is 309 Å². The van der Waals surface area contributed by atoms with Crippen molar-refractivity contribution in [2.24, 2.45) is 0 Å². The maximum Gasteiger partial charge on any atom is 0.0619 e. The van der Waals surface area contributed by atoms with Crippen LogP contribution in [-0.4, -0.2) is 0 Å². The summed E-state index contributed by atoms with van der Waals surface area (Å²) in [6.45, 7) is 2.16. The van der Waals surface area contributed by atoms with E-state index in [9.17, 15) is 0 Å². The van der Waals surface area contributed by atoms with Crippen LogP contribution in [0.15, 0.2) is 200 Å². The molecule has 10 aromatic carbocycles. The number of anilines is 6. The Balaban J connectivity index is 1.40. The van der Waals surface area contributed by atoms with Crippen molar-refractivity contribution in [1.29, 1.82) is 0 Å². The molecule has 0 aliphatic carbocycles. The molecule has 53 heavy (non-hydrogen) atoms. The summed E-state index contributed by atoms with van der Waals surface area (Å²) < 4.78 is 0. The summed E-state index contributed by atoms with van der Waals surface area (Å²) in [5.41, 5.74) is 8.08. The molecule has 0 fully saturated rings. The first kappa shape index (κ1) is 30.9. The van der Waals surface area contributed by atoms with E-state index in [1.807, 2.05) is 0 Å². The first-order valence-electron chi connectivity index (χ1n) is 18.3. The first-order valence-corrected chi connectivity index (χ1v) is 18.3. The molecule has 0 amide bonds. The van der Waals surface area contributed by atoms with Crippen molar-refractivity contribution in [1.82, 2.24) is 0 Å². The summed E-state index contributed by atoms with van der Waals surface area (Å²) in [7, 11) is 0. The van der Waals surface area contributed by atoms with E-state index in [0.29, 0.717) is 0 Å². The van der Waals surface area contributed by atoms with Gasteiger partial charge in [0.05, 0.1) is 22.7 Å². The monoisotopic (exact) mass is 676 g/mol. The molecule has 0 aliphatic heterocycles. The third-order valence-corrected chi connectivity index (χ3v) is 10.6. The van der Waals surface area contributed by atoms with Gasteiger partial charge < -0.3 is 9.80 Å². The van der Waals surface area contributed by atoms with E-state index in [4.69, 9.17) is 0 Å². The molecule has 2 heteroatoms. The van der Waals surface area contributed by atoms with E-state index in [1.54, 1.807) is 0 Å². The predicted octanol–water partition coefficient (Wildman–Crippen LogP) is 14.7. The van der Waals surface area contributed by atoms with E-state index >= 15 is 0 Å². The second-order valence-electron chi connectivity index (χ2n) is 13.8. The molecule has 0 aromatic heterocycles. The van der Waals surface area contributed by atoms with Crippen molar-refractivity contribution in [3.05, 3.63) is 206 Å². The van der Waals surface area contributed by atoms with Crippen LogP contribution in [0.1, 0.15) is 5.56 Å². The largest absolute Gasteiger partial charge is 0.309 e. The smallest absolute Gasteiger partial charge is 0.0619 e. The minimum absolute atomic E-state index is 1.11. The van der Waals surface area contributed by atoms with Gasteiger partial charge in [0.15, 0.2) is 0 Å². The molecular formula is C51H36N2. The highest BCUT2D eigenvalue weighted by Crippen LogP contribution is 2.52. The lowest BCUT2D eigenvalue weighted by atomic mass is 9.93. The van der Waals surface area contributed by atoms with Gasteiger partial charge in [0.2, 0.25) is 0 Å². The van der Waals surface area contributed by atoms with Crippen LogP contribution in [0.2, 0.25) is 0 Å². The van der Waals surface area contributed by atoms with Crippen LogP contribution in [0.3, 0.4) is 0 Å². The second-order valence-corrected chi connectivity index (χ2v) is 13.8. The highest BCUT2D eigenvalue weighted by Gasteiger charge is 2.26. The lowest BCUT2D eigenvalue weighted by molar-refractivity contribution is 1.31. The number of hydrogen-bond donors (Lipinski definition) is 0. The molecule has 10 aromatic rings. The van der Waals surface area contributed by atoms with Gasteiger partial charge in [-0.25, -0.2) is 0 Å². The minimum atomic E-state index is 1.11. The van der Waals surface area contributed by atoms with Crippen molar-refractivity contribution in [2.45, 2.75) is 6.92 Å². The molecule has 0 atom stereocenters.